The normalized spacial score (nSPS) is 10.7. The summed E-state index contributed by atoms with van der Waals surface area (Å²) in [6.07, 6.45) is 1.52. The van der Waals surface area contributed by atoms with Gasteiger partial charge in [0.2, 0.25) is 0 Å². The molecule has 0 aliphatic heterocycles. The maximum atomic E-state index is 10.1. The van der Waals surface area contributed by atoms with Crippen LogP contribution in [0.3, 0.4) is 0 Å². The zero-order valence-electron chi connectivity index (χ0n) is 12.7. The molecule has 2 N–H and O–H groups in total. The Hall–Kier alpha value is -2.39. The number of benzene rings is 3. The molecule has 0 saturated carbocycles. The Bertz CT molecular complexity index is 862. The number of hydrogen-bond acceptors (Lipinski definition) is 4. The minimum atomic E-state index is 0. The van der Waals surface area contributed by atoms with Crippen LogP contribution in [0.25, 0.3) is 10.8 Å². The summed E-state index contributed by atoms with van der Waals surface area (Å²) in [5.74, 6) is 0.833. The van der Waals surface area contributed by atoms with Gasteiger partial charge in [0.05, 0.1) is 12.5 Å². The second-order valence-corrected chi connectivity index (χ2v) is 4.81. The van der Waals surface area contributed by atoms with Crippen LogP contribution in [0.5, 0.6) is 17.2 Å². The Morgan fingerprint density at radius 3 is 2.43 bits per heavy atom. The molecule has 5 heteroatoms. The molecule has 0 saturated heterocycles. The van der Waals surface area contributed by atoms with E-state index < -0.39 is 0 Å². The van der Waals surface area contributed by atoms with Crippen LogP contribution in [-0.2, 0) is 19.5 Å². The maximum absolute atomic E-state index is 10.1. The minimum absolute atomic E-state index is 0. The van der Waals surface area contributed by atoms with Crippen molar-refractivity contribution in [2.45, 2.75) is 0 Å². The van der Waals surface area contributed by atoms with Crippen molar-refractivity contribution in [3.05, 3.63) is 60.2 Å². The Kier molecular flexibility index (Phi) is 5.35. The zero-order valence-corrected chi connectivity index (χ0v) is 15.7. The predicted octanol–water partition coefficient (Wildman–Crippen LogP) is 4.01. The molecule has 0 atom stereocenters. The molecule has 0 radical (unpaired) electrons. The van der Waals surface area contributed by atoms with Gasteiger partial charge in [0, 0.05) is 31.3 Å². The summed E-state index contributed by atoms with van der Waals surface area (Å²) in [7, 11) is 1.58. The Morgan fingerprint density at radius 2 is 1.70 bits per heavy atom. The van der Waals surface area contributed by atoms with Crippen molar-refractivity contribution in [2.24, 2.45) is 4.99 Å². The molecule has 112 valence electrons. The summed E-state index contributed by atoms with van der Waals surface area (Å²) in [4.78, 5) is 4.36. The average molecular weight is 359 g/mol. The average Bonchev–Trinajstić information content (AvgIpc) is 2.55. The van der Waals surface area contributed by atoms with Crippen molar-refractivity contribution >= 4 is 22.7 Å². The molecule has 4 nitrogen and oxygen atoms in total. The van der Waals surface area contributed by atoms with Crippen LogP contribution < -0.4 is 4.74 Å². The van der Waals surface area contributed by atoms with Gasteiger partial charge in [-0.3, -0.25) is 4.99 Å². The number of phenolic OH excluding ortho intramolecular Hbond substituents is 2. The molecular formula is C18H15NO3Zn. The van der Waals surface area contributed by atoms with Crippen molar-refractivity contribution in [1.82, 2.24) is 0 Å². The molecular weight excluding hydrogens is 344 g/mol. The number of ether oxygens (including phenoxy) is 1. The van der Waals surface area contributed by atoms with Gasteiger partial charge in [0.1, 0.15) is 22.9 Å². The predicted molar refractivity (Wildman–Crippen MR) is 87.5 cm³/mol. The Balaban J connectivity index is 0.00000192. The fourth-order valence-corrected chi connectivity index (χ4v) is 2.35. The molecule has 3 rings (SSSR count). The summed E-state index contributed by atoms with van der Waals surface area (Å²) in [5.41, 5.74) is 0.993. The van der Waals surface area contributed by atoms with Crippen molar-refractivity contribution in [2.75, 3.05) is 7.11 Å². The van der Waals surface area contributed by atoms with Crippen LogP contribution in [0.2, 0.25) is 0 Å². The van der Waals surface area contributed by atoms with E-state index in [1.165, 1.54) is 6.21 Å². The first kappa shape index (κ1) is 17.0. The van der Waals surface area contributed by atoms with Gasteiger partial charge in [-0.1, -0.05) is 30.3 Å². The number of hydrogen-bond donors (Lipinski definition) is 2. The molecule has 0 fully saturated rings. The minimum Gasteiger partial charge on any atom is -0.507 e. The summed E-state index contributed by atoms with van der Waals surface area (Å²) < 4.78 is 5.36. The van der Waals surface area contributed by atoms with Gasteiger partial charge in [0.25, 0.3) is 0 Å². The first-order valence-electron chi connectivity index (χ1n) is 6.81. The molecule has 3 aromatic carbocycles. The third kappa shape index (κ3) is 3.35. The number of aliphatic imine (C=N–C) groups is 1. The standard InChI is InChI=1S/C18H15NO3.Zn/c1-22-16-8-4-6-12-9-10-15(21)18(17(12)16)19-11-13-5-2-3-7-14(13)20;/h2-11,20-21H,1H3;. The van der Waals surface area contributed by atoms with Crippen LogP contribution in [0, 0.1) is 0 Å². The van der Waals surface area contributed by atoms with Crippen molar-refractivity contribution in [3.63, 3.8) is 0 Å². The molecule has 3 aromatic rings. The second-order valence-electron chi connectivity index (χ2n) is 4.81. The van der Waals surface area contributed by atoms with Gasteiger partial charge in [-0.2, -0.15) is 0 Å². The fourth-order valence-electron chi connectivity index (χ4n) is 2.35. The molecule has 0 aliphatic carbocycles. The van der Waals surface area contributed by atoms with Crippen LogP contribution in [-0.4, -0.2) is 23.5 Å². The number of aromatic hydroxyl groups is 2. The van der Waals surface area contributed by atoms with Crippen LogP contribution in [0.15, 0.2) is 59.6 Å². The summed E-state index contributed by atoms with van der Waals surface area (Å²) in [5, 5.41) is 21.6. The molecule has 0 spiro atoms. The first-order valence-corrected chi connectivity index (χ1v) is 6.81. The summed E-state index contributed by atoms with van der Waals surface area (Å²) in [6, 6.07) is 15.9. The van der Waals surface area contributed by atoms with E-state index in [4.69, 9.17) is 4.74 Å². The Labute approximate surface area is 146 Å². The number of nitrogens with zero attached hydrogens (tertiary/aromatic N) is 1. The summed E-state index contributed by atoms with van der Waals surface area (Å²) >= 11 is 0. The van der Waals surface area contributed by atoms with Gasteiger partial charge in [-0.05, 0) is 29.7 Å². The monoisotopic (exact) mass is 357 g/mol. The SMILES string of the molecule is COc1cccc2ccc(O)c(N=Cc3ccccc3O)c12.[Zn]. The molecule has 0 bridgehead atoms. The van der Waals surface area contributed by atoms with E-state index in [0.29, 0.717) is 17.0 Å². The molecule has 0 aliphatic rings. The number of phenols is 2. The maximum Gasteiger partial charge on any atom is 0.141 e. The first-order chi connectivity index (χ1) is 10.7. The van der Waals surface area contributed by atoms with Gasteiger partial charge < -0.3 is 14.9 Å². The van der Waals surface area contributed by atoms with Crippen molar-refractivity contribution in [3.8, 4) is 17.2 Å². The molecule has 23 heavy (non-hydrogen) atoms. The number of rotatable bonds is 3. The van der Waals surface area contributed by atoms with Crippen LogP contribution in [0.4, 0.5) is 5.69 Å². The van der Waals surface area contributed by atoms with E-state index >= 15 is 0 Å². The topological polar surface area (TPSA) is 62.0 Å². The van der Waals surface area contributed by atoms with E-state index in [1.807, 2.05) is 30.3 Å². The van der Waals surface area contributed by atoms with E-state index in [0.717, 1.165) is 10.8 Å². The van der Waals surface area contributed by atoms with E-state index in [2.05, 4.69) is 4.99 Å². The van der Waals surface area contributed by atoms with Gasteiger partial charge in [-0.25, -0.2) is 0 Å². The largest absolute Gasteiger partial charge is 0.507 e. The molecule has 0 aromatic heterocycles. The smallest absolute Gasteiger partial charge is 0.141 e. The third-order valence-electron chi connectivity index (χ3n) is 3.45. The molecule has 0 amide bonds. The number of fused-ring (bicyclic) bond motifs is 1. The van der Waals surface area contributed by atoms with E-state index in [1.54, 1.807) is 31.4 Å². The second kappa shape index (κ2) is 7.25. The van der Waals surface area contributed by atoms with E-state index in [9.17, 15) is 10.2 Å². The van der Waals surface area contributed by atoms with E-state index in [-0.39, 0.29) is 31.0 Å². The van der Waals surface area contributed by atoms with Crippen LogP contribution >= 0.6 is 0 Å². The fraction of sp³-hybridized carbons (Fsp3) is 0.0556. The molecule has 0 unspecified atom stereocenters. The van der Waals surface area contributed by atoms with Gasteiger partial charge in [0.15, 0.2) is 0 Å². The summed E-state index contributed by atoms with van der Waals surface area (Å²) in [6.45, 7) is 0. The quantitative estimate of drug-likeness (QED) is 0.549. The van der Waals surface area contributed by atoms with Gasteiger partial charge in [-0.15, -0.1) is 0 Å². The van der Waals surface area contributed by atoms with Crippen molar-refractivity contribution in [1.29, 1.82) is 0 Å². The van der Waals surface area contributed by atoms with Gasteiger partial charge >= 0.3 is 0 Å². The zero-order chi connectivity index (χ0) is 15.5. The number of para-hydroxylation sites is 1. The van der Waals surface area contributed by atoms with Crippen molar-refractivity contribution < 1.29 is 34.4 Å². The number of methoxy groups -OCH3 is 1. The Morgan fingerprint density at radius 1 is 0.913 bits per heavy atom. The molecule has 0 heterocycles. The van der Waals surface area contributed by atoms with Crippen LogP contribution in [0.1, 0.15) is 5.56 Å². The third-order valence-corrected chi connectivity index (χ3v) is 3.45.